The number of aromatic nitrogens is 4. The summed E-state index contributed by atoms with van der Waals surface area (Å²) in [5.74, 6) is 2.16. The van der Waals surface area contributed by atoms with Crippen LogP contribution in [0.15, 0.2) is 146 Å². The largest absolute Gasteiger partial charge is 0.497 e. The fourth-order valence-electron chi connectivity index (χ4n) is 6.78. The Morgan fingerprint density at radius 2 is 1.24 bits per heavy atom. The van der Waals surface area contributed by atoms with Gasteiger partial charge in [-0.3, -0.25) is 4.98 Å². The molecule has 7 aromatic rings. The Morgan fingerprint density at radius 3 is 1.80 bits per heavy atom. The van der Waals surface area contributed by atoms with Crippen molar-refractivity contribution in [1.82, 2.24) is 19.5 Å². The van der Waals surface area contributed by atoms with Gasteiger partial charge in [-0.05, 0) is 53.6 Å². The van der Waals surface area contributed by atoms with Gasteiger partial charge in [0.1, 0.15) is 28.4 Å². The third kappa shape index (κ3) is 5.78. The first-order valence-electron chi connectivity index (χ1n) is 16.6. The molecule has 0 spiro atoms. The summed E-state index contributed by atoms with van der Waals surface area (Å²) in [5, 5.41) is 0. The van der Waals surface area contributed by atoms with E-state index >= 15 is 0 Å². The molecule has 1 aliphatic rings. The van der Waals surface area contributed by atoms with Crippen molar-refractivity contribution in [3.05, 3.63) is 163 Å². The monoisotopic (exact) mass is 643 g/mol. The SMILES string of the molecule is COc1cc(OC)cc(N(CC2CC2)c2ccc3ncc(-c4cn(C(c5ccccc5)(c5ccccc5)c5ccccc5)cn4)nc3c2)c1. The highest BCUT2D eigenvalue weighted by Crippen LogP contribution is 2.42. The van der Waals surface area contributed by atoms with Crippen LogP contribution in [-0.4, -0.2) is 40.3 Å². The Bertz CT molecular complexity index is 2080. The van der Waals surface area contributed by atoms with Gasteiger partial charge in [-0.25, -0.2) is 9.97 Å². The fraction of sp³-hybridized carbons (Fsp3) is 0.167. The molecule has 0 radical (unpaired) electrons. The minimum Gasteiger partial charge on any atom is -0.497 e. The quantitative estimate of drug-likeness (QED) is 0.131. The smallest absolute Gasteiger partial charge is 0.124 e. The Kier molecular flexibility index (Phi) is 8.01. The van der Waals surface area contributed by atoms with Gasteiger partial charge in [-0.2, -0.15) is 0 Å². The predicted octanol–water partition coefficient (Wildman–Crippen LogP) is 8.90. The van der Waals surface area contributed by atoms with Crippen LogP contribution in [0, 0.1) is 5.92 Å². The molecule has 0 amide bonds. The number of ether oxygens (including phenoxy) is 2. The molecule has 1 aliphatic carbocycles. The van der Waals surface area contributed by atoms with Crippen LogP contribution in [0.4, 0.5) is 11.4 Å². The zero-order valence-electron chi connectivity index (χ0n) is 27.6. The van der Waals surface area contributed by atoms with E-state index in [2.05, 4.69) is 131 Å². The molecule has 0 saturated heterocycles. The molecule has 0 aliphatic heterocycles. The first-order chi connectivity index (χ1) is 24.1. The van der Waals surface area contributed by atoms with E-state index in [1.54, 1.807) is 14.2 Å². The van der Waals surface area contributed by atoms with Crippen molar-refractivity contribution in [2.24, 2.45) is 5.92 Å². The van der Waals surface area contributed by atoms with Gasteiger partial charge in [0.15, 0.2) is 0 Å². The normalized spacial score (nSPS) is 12.9. The first-order valence-corrected chi connectivity index (χ1v) is 16.6. The molecule has 242 valence electrons. The number of imidazole rings is 1. The van der Waals surface area contributed by atoms with Gasteiger partial charge in [-0.1, -0.05) is 91.0 Å². The lowest BCUT2D eigenvalue weighted by Gasteiger charge is -2.37. The lowest BCUT2D eigenvalue weighted by atomic mass is 9.77. The van der Waals surface area contributed by atoms with Crippen molar-refractivity contribution in [2.45, 2.75) is 18.4 Å². The van der Waals surface area contributed by atoms with Crippen LogP contribution in [-0.2, 0) is 5.54 Å². The van der Waals surface area contributed by atoms with Crippen LogP contribution in [0.5, 0.6) is 11.5 Å². The van der Waals surface area contributed by atoms with E-state index in [1.165, 1.54) is 12.8 Å². The molecule has 49 heavy (non-hydrogen) atoms. The zero-order chi connectivity index (χ0) is 33.2. The standard InChI is InChI=1S/C42H37N5O2/c1-48-36-22-35(23-37(25-36)49-2)47(27-30-18-19-30)34-20-21-38-39(24-34)45-40(26-43-38)41-28-46(29-44-41)42(31-12-6-3-7-13-31,32-14-8-4-9-15-32)33-16-10-5-11-17-33/h3-17,20-26,28-30H,18-19,27H2,1-2H3. The highest BCUT2D eigenvalue weighted by atomic mass is 16.5. The molecule has 0 atom stereocenters. The molecule has 0 bridgehead atoms. The average Bonchev–Trinajstić information content (AvgIpc) is 3.87. The molecule has 7 nitrogen and oxygen atoms in total. The molecule has 2 aromatic heterocycles. The highest BCUT2D eigenvalue weighted by molar-refractivity contribution is 5.82. The lowest BCUT2D eigenvalue weighted by molar-refractivity contribution is 0.394. The number of hydrogen-bond acceptors (Lipinski definition) is 6. The van der Waals surface area contributed by atoms with Crippen molar-refractivity contribution < 1.29 is 9.47 Å². The zero-order valence-corrected chi connectivity index (χ0v) is 27.6. The predicted molar refractivity (Wildman–Crippen MR) is 195 cm³/mol. The molecular weight excluding hydrogens is 606 g/mol. The molecular formula is C42H37N5O2. The molecule has 0 unspecified atom stereocenters. The third-order valence-electron chi connectivity index (χ3n) is 9.43. The summed E-state index contributed by atoms with van der Waals surface area (Å²) < 4.78 is 13.4. The first kappa shape index (κ1) is 30.4. The highest BCUT2D eigenvalue weighted by Gasteiger charge is 2.38. The fourth-order valence-corrected chi connectivity index (χ4v) is 6.78. The molecule has 2 heterocycles. The maximum absolute atomic E-state index is 5.61. The van der Waals surface area contributed by atoms with Gasteiger partial charge >= 0.3 is 0 Å². The molecule has 5 aromatic carbocycles. The van der Waals surface area contributed by atoms with Crippen LogP contribution in [0.1, 0.15) is 29.5 Å². The summed E-state index contributed by atoms with van der Waals surface area (Å²) in [7, 11) is 3.36. The van der Waals surface area contributed by atoms with Crippen LogP contribution in [0.3, 0.4) is 0 Å². The maximum Gasteiger partial charge on any atom is 0.124 e. The number of anilines is 2. The van der Waals surface area contributed by atoms with Crippen molar-refractivity contribution in [3.63, 3.8) is 0 Å². The van der Waals surface area contributed by atoms with Gasteiger partial charge in [0.05, 0.1) is 37.8 Å². The molecule has 1 fully saturated rings. The van der Waals surface area contributed by atoms with Gasteiger partial charge < -0.3 is 18.9 Å². The van der Waals surface area contributed by atoms with Crippen molar-refractivity contribution in [1.29, 1.82) is 0 Å². The van der Waals surface area contributed by atoms with E-state index in [1.807, 2.05) is 24.7 Å². The van der Waals surface area contributed by atoms with E-state index in [-0.39, 0.29) is 0 Å². The van der Waals surface area contributed by atoms with Crippen molar-refractivity contribution in [3.8, 4) is 22.9 Å². The molecule has 0 N–H and O–H groups in total. The number of methoxy groups -OCH3 is 2. The number of rotatable bonds is 11. The van der Waals surface area contributed by atoms with Crippen LogP contribution in [0.2, 0.25) is 0 Å². The van der Waals surface area contributed by atoms with E-state index in [9.17, 15) is 0 Å². The van der Waals surface area contributed by atoms with Crippen molar-refractivity contribution in [2.75, 3.05) is 25.7 Å². The lowest BCUT2D eigenvalue weighted by Crippen LogP contribution is -2.36. The second kappa shape index (κ2) is 12.9. The summed E-state index contributed by atoms with van der Waals surface area (Å²) in [6, 6.07) is 44.1. The third-order valence-corrected chi connectivity index (χ3v) is 9.43. The van der Waals surface area contributed by atoms with E-state index < -0.39 is 5.54 Å². The minimum atomic E-state index is -0.659. The van der Waals surface area contributed by atoms with E-state index in [0.717, 1.165) is 62.8 Å². The average molecular weight is 644 g/mol. The molecule has 8 rings (SSSR count). The van der Waals surface area contributed by atoms with Gasteiger partial charge in [0, 0.05) is 42.3 Å². The van der Waals surface area contributed by atoms with Gasteiger partial charge in [-0.15, -0.1) is 0 Å². The summed E-state index contributed by atoms with van der Waals surface area (Å²) in [6.45, 7) is 0.903. The van der Waals surface area contributed by atoms with Crippen LogP contribution in [0.25, 0.3) is 22.4 Å². The maximum atomic E-state index is 5.61. The van der Waals surface area contributed by atoms with Crippen LogP contribution < -0.4 is 14.4 Å². The van der Waals surface area contributed by atoms with E-state index in [0.29, 0.717) is 11.6 Å². The second-order valence-corrected chi connectivity index (χ2v) is 12.5. The molecule has 7 heteroatoms. The second-order valence-electron chi connectivity index (χ2n) is 12.5. The minimum absolute atomic E-state index is 0.647. The molecule has 1 saturated carbocycles. The van der Waals surface area contributed by atoms with E-state index in [4.69, 9.17) is 24.4 Å². The Labute approximate surface area is 286 Å². The Morgan fingerprint density at radius 1 is 0.653 bits per heavy atom. The number of hydrogen-bond donors (Lipinski definition) is 0. The Balaban J connectivity index is 1.23. The summed E-state index contributed by atoms with van der Waals surface area (Å²) in [4.78, 5) is 17.3. The van der Waals surface area contributed by atoms with Crippen LogP contribution >= 0.6 is 0 Å². The number of benzene rings is 5. The topological polar surface area (TPSA) is 65.3 Å². The summed E-state index contributed by atoms with van der Waals surface area (Å²) in [5.41, 5.74) is 7.90. The Hall–Kier alpha value is -5.95. The number of nitrogens with zero attached hydrogens (tertiary/aromatic N) is 5. The number of fused-ring (bicyclic) bond motifs is 1. The summed E-state index contributed by atoms with van der Waals surface area (Å²) >= 11 is 0. The summed E-state index contributed by atoms with van der Waals surface area (Å²) in [6.07, 6.45) is 8.29. The van der Waals surface area contributed by atoms with Crippen molar-refractivity contribution >= 4 is 22.4 Å². The van der Waals surface area contributed by atoms with Gasteiger partial charge in [0.2, 0.25) is 0 Å². The van der Waals surface area contributed by atoms with Gasteiger partial charge in [0.25, 0.3) is 0 Å².